The number of hydrogen-bond donors (Lipinski definition) is 2. The summed E-state index contributed by atoms with van der Waals surface area (Å²) < 4.78 is 11.0. The average molecular weight is 386 g/mol. The van der Waals surface area contributed by atoms with Crippen LogP contribution in [-0.2, 0) is 11.2 Å². The molecule has 1 saturated heterocycles. The van der Waals surface area contributed by atoms with Gasteiger partial charge in [-0.25, -0.2) is 4.98 Å². The molecule has 1 aliphatic heterocycles. The van der Waals surface area contributed by atoms with Gasteiger partial charge in [-0.3, -0.25) is 4.79 Å². The molecular weight excluding hydrogens is 366 g/mol. The number of hydrogen-bond acceptors (Lipinski definition) is 4. The zero-order valence-electron chi connectivity index (χ0n) is 14.7. The predicted molar refractivity (Wildman–Crippen MR) is 103 cm³/mol. The molecule has 4 rings (SSSR count). The summed E-state index contributed by atoms with van der Waals surface area (Å²) >= 11 is 6.22. The zero-order chi connectivity index (χ0) is 18.6. The van der Waals surface area contributed by atoms with E-state index in [1.165, 1.54) is 17.1 Å². The summed E-state index contributed by atoms with van der Waals surface area (Å²) in [6.07, 6.45) is 4.98. The van der Waals surface area contributed by atoms with Gasteiger partial charge in [0.1, 0.15) is 11.1 Å². The monoisotopic (exact) mass is 385 g/mol. The first-order valence-corrected chi connectivity index (χ1v) is 9.31. The molecule has 3 heterocycles. The average Bonchev–Trinajstić information content (AvgIpc) is 3.33. The Kier molecular flexibility index (Phi) is 5.27. The Balaban J connectivity index is 1.34. The van der Waals surface area contributed by atoms with Gasteiger partial charge in [-0.1, -0.05) is 29.8 Å². The van der Waals surface area contributed by atoms with Crippen molar-refractivity contribution < 1.29 is 14.3 Å². The summed E-state index contributed by atoms with van der Waals surface area (Å²) in [7, 11) is 0. The van der Waals surface area contributed by atoms with Crippen molar-refractivity contribution in [3.63, 3.8) is 0 Å². The minimum atomic E-state index is -0.208. The second-order valence-corrected chi connectivity index (χ2v) is 6.89. The molecule has 1 aliphatic rings. The molecule has 1 amide bonds. The highest BCUT2D eigenvalue weighted by atomic mass is 35.5. The number of ether oxygens (including phenoxy) is 2. The number of benzene rings is 1. The van der Waals surface area contributed by atoms with Gasteiger partial charge in [0.2, 0.25) is 5.88 Å². The lowest BCUT2D eigenvalue weighted by molar-refractivity contribution is 0.0953. The van der Waals surface area contributed by atoms with Crippen LogP contribution in [0.15, 0.2) is 42.7 Å². The number of pyridine rings is 1. The van der Waals surface area contributed by atoms with Crippen LogP contribution < -0.4 is 10.1 Å². The van der Waals surface area contributed by atoms with Crippen LogP contribution >= 0.6 is 11.6 Å². The Morgan fingerprint density at radius 2 is 2.30 bits per heavy atom. The Hall–Kier alpha value is -2.57. The van der Waals surface area contributed by atoms with Crippen molar-refractivity contribution in [1.29, 1.82) is 0 Å². The highest BCUT2D eigenvalue weighted by Crippen LogP contribution is 2.25. The Morgan fingerprint density at radius 1 is 1.41 bits per heavy atom. The zero-order valence-corrected chi connectivity index (χ0v) is 15.5. The van der Waals surface area contributed by atoms with Crippen LogP contribution in [0.2, 0.25) is 5.02 Å². The van der Waals surface area contributed by atoms with E-state index in [2.05, 4.69) is 21.4 Å². The fraction of sp³-hybridized carbons (Fsp3) is 0.300. The van der Waals surface area contributed by atoms with Gasteiger partial charge in [0.25, 0.3) is 5.91 Å². The number of fused-ring (bicyclic) bond motifs is 1. The molecule has 1 fully saturated rings. The Bertz CT molecular complexity index is 951. The van der Waals surface area contributed by atoms with E-state index in [4.69, 9.17) is 21.1 Å². The summed E-state index contributed by atoms with van der Waals surface area (Å²) in [6.45, 7) is 1.74. The van der Waals surface area contributed by atoms with Gasteiger partial charge in [0, 0.05) is 36.3 Å². The van der Waals surface area contributed by atoms with Crippen LogP contribution in [0.5, 0.6) is 5.88 Å². The highest BCUT2D eigenvalue weighted by Gasteiger charge is 2.20. The van der Waals surface area contributed by atoms with Gasteiger partial charge in [-0.15, -0.1) is 0 Å². The summed E-state index contributed by atoms with van der Waals surface area (Å²) in [5.74, 6) is 0.127. The summed E-state index contributed by atoms with van der Waals surface area (Å²) in [4.78, 5) is 19.8. The fourth-order valence-electron chi connectivity index (χ4n) is 3.15. The van der Waals surface area contributed by atoms with Crippen LogP contribution in [0.1, 0.15) is 22.3 Å². The second kappa shape index (κ2) is 7.98. The highest BCUT2D eigenvalue weighted by molar-refractivity contribution is 6.32. The molecule has 27 heavy (non-hydrogen) atoms. The first-order valence-electron chi connectivity index (χ1n) is 8.94. The number of aromatic amines is 1. The van der Waals surface area contributed by atoms with E-state index in [0.717, 1.165) is 18.4 Å². The normalized spacial score (nSPS) is 16.6. The number of H-pyrrole nitrogens is 1. The molecule has 2 N–H and O–H groups in total. The maximum atomic E-state index is 12.4. The summed E-state index contributed by atoms with van der Waals surface area (Å²) in [5, 5.41) is 4.41. The van der Waals surface area contributed by atoms with Gasteiger partial charge in [-0.05, 0) is 24.1 Å². The van der Waals surface area contributed by atoms with E-state index >= 15 is 0 Å². The first kappa shape index (κ1) is 17.8. The third-order valence-corrected chi connectivity index (χ3v) is 4.86. The lowest BCUT2D eigenvalue weighted by Crippen LogP contribution is -2.26. The lowest BCUT2D eigenvalue weighted by Gasteiger charge is -2.12. The summed E-state index contributed by atoms with van der Waals surface area (Å²) in [5.41, 5.74) is 2.68. The van der Waals surface area contributed by atoms with E-state index in [1.54, 1.807) is 6.07 Å². The Morgan fingerprint density at radius 3 is 3.11 bits per heavy atom. The van der Waals surface area contributed by atoms with Crippen molar-refractivity contribution in [2.75, 3.05) is 19.8 Å². The molecule has 140 valence electrons. The largest absolute Gasteiger partial charge is 0.471 e. The van der Waals surface area contributed by atoms with Crippen LogP contribution in [0.25, 0.3) is 10.9 Å². The molecule has 1 aromatic carbocycles. The number of carbonyl (C=O) groups excluding carboxylic acids is 1. The number of halogens is 1. The Labute approximate surface area is 161 Å². The molecule has 7 heteroatoms. The smallest absolute Gasteiger partial charge is 0.252 e. The predicted octanol–water partition coefficient (Wildman–Crippen LogP) is 3.36. The van der Waals surface area contributed by atoms with Crippen molar-refractivity contribution in [2.24, 2.45) is 0 Å². The van der Waals surface area contributed by atoms with Gasteiger partial charge < -0.3 is 19.8 Å². The number of amides is 1. The quantitative estimate of drug-likeness (QED) is 0.682. The van der Waals surface area contributed by atoms with Crippen molar-refractivity contribution in [3.8, 4) is 5.88 Å². The molecule has 0 aliphatic carbocycles. The maximum Gasteiger partial charge on any atom is 0.252 e. The number of nitrogens with zero attached hydrogens (tertiary/aromatic N) is 1. The molecule has 0 radical (unpaired) electrons. The molecule has 0 bridgehead atoms. The van der Waals surface area contributed by atoms with Crippen molar-refractivity contribution in [3.05, 3.63) is 58.9 Å². The minimum Gasteiger partial charge on any atom is -0.471 e. The number of aromatic nitrogens is 2. The van der Waals surface area contributed by atoms with Crippen LogP contribution in [-0.4, -0.2) is 41.7 Å². The van der Waals surface area contributed by atoms with Crippen molar-refractivity contribution in [1.82, 2.24) is 15.3 Å². The number of para-hydroxylation sites is 1. The standard InChI is InChI=1S/C20H20ClN3O3/c21-17-9-14(11-24-20(17)27-15-6-8-26-12-15)19(25)22-7-5-13-10-23-18-4-2-1-3-16(13)18/h1-4,9-11,15,23H,5-8,12H2,(H,22,25). The van der Waals surface area contributed by atoms with Crippen LogP contribution in [0.3, 0.4) is 0 Å². The van der Waals surface area contributed by atoms with E-state index in [9.17, 15) is 4.79 Å². The first-order chi connectivity index (χ1) is 13.2. The fourth-order valence-corrected chi connectivity index (χ4v) is 3.36. The van der Waals surface area contributed by atoms with Gasteiger partial charge in [-0.2, -0.15) is 0 Å². The molecule has 2 aromatic heterocycles. The molecule has 1 atom stereocenters. The van der Waals surface area contributed by atoms with E-state index in [1.807, 2.05) is 24.4 Å². The molecule has 0 saturated carbocycles. The van der Waals surface area contributed by atoms with Crippen molar-refractivity contribution >= 4 is 28.4 Å². The lowest BCUT2D eigenvalue weighted by atomic mass is 10.1. The van der Waals surface area contributed by atoms with Gasteiger partial charge in [0.15, 0.2) is 0 Å². The second-order valence-electron chi connectivity index (χ2n) is 6.48. The van der Waals surface area contributed by atoms with Crippen molar-refractivity contribution in [2.45, 2.75) is 18.9 Å². The molecule has 3 aromatic rings. The number of carbonyl (C=O) groups is 1. The third kappa shape index (κ3) is 4.07. The SMILES string of the molecule is O=C(NCCc1c[nH]c2ccccc12)c1cnc(OC2CCOC2)c(Cl)c1. The molecule has 1 unspecified atom stereocenters. The van der Waals surface area contributed by atoms with Crippen LogP contribution in [0, 0.1) is 0 Å². The maximum absolute atomic E-state index is 12.4. The van der Waals surface area contributed by atoms with Crippen LogP contribution in [0.4, 0.5) is 0 Å². The third-order valence-electron chi connectivity index (χ3n) is 4.59. The summed E-state index contributed by atoms with van der Waals surface area (Å²) in [6, 6.07) is 9.69. The number of nitrogens with one attached hydrogen (secondary N) is 2. The van der Waals surface area contributed by atoms with E-state index in [-0.39, 0.29) is 12.0 Å². The minimum absolute atomic E-state index is 0.0362. The molecular formula is C20H20ClN3O3. The molecule has 6 nitrogen and oxygen atoms in total. The van der Waals surface area contributed by atoms with E-state index < -0.39 is 0 Å². The van der Waals surface area contributed by atoms with Gasteiger partial charge >= 0.3 is 0 Å². The topological polar surface area (TPSA) is 76.2 Å². The van der Waals surface area contributed by atoms with Gasteiger partial charge in [0.05, 0.1) is 18.8 Å². The van der Waals surface area contributed by atoms with E-state index in [0.29, 0.717) is 36.2 Å². The number of rotatable bonds is 6. The molecule has 0 spiro atoms.